The van der Waals surface area contributed by atoms with E-state index in [0.717, 1.165) is 19.3 Å². The van der Waals surface area contributed by atoms with Gasteiger partial charge >= 0.3 is 12.0 Å². The summed E-state index contributed by atoms with van der Waals surface area (Å²) in [4.78, 5) is 25.2. The van der Waals surface area contributed by atoms with E-state index in [2.05, 4.69) is 5.32 Å². The lowest BCUT2D eigenvalue weighted by Crippen LogP contribution is -2.56. The Morgan fingerprint density at radius 2 is 1.90 bits per heavy atom. The van der Waals surface area contributed by atoms with Crippen LogP contribution in [0.4, 0.5) is 4.79 Å². The van der Waals surface area contributed by atoms with E-state index in [1.807, 2.05) is 4.90 Å². The number of amides is 2. The maximum Gasteiger partial charge on any atom is 0.326 e. The van der Waals surface area contributed by atoms with E-state index in [-0.39, 0.29) is 25.1 Å². The first kappa shape index (κ1) is 15.1. The van der Waals surface area contributed by atoms with Crippen LogP contribution in [-0.4, -0.2) is 52.3 Å². The van der Waals surface area contributed by atoms with Gasteiger partial charge in [0.2, 0.25) is 0 Å². The molecule has 0 aromatic rings. The Hall–Kier alpha value is -1.30. The second kappa shape index (κ2) is 6.92. The lowest BCUT2D eigenvalue weighted by molar-refractivity contribution is -0.139. The van der Waals surface area contributed by atoms with Gasteiger partial charge in [-0.2, -0.15) is 0 Å². The van der Waals surface area contributed by atoms with Crippen LogP contribution in [0.3, 0.4) is 0 Å². The van der Waals surface area contributed by atoms with Crippen LogP contribution in [0.5, 0.6) is 0 Å². The lowest BCUT2D eigenvalue weighted by atomic mass is 9.78. The minimum Gasteiger partial charge on any atom is -0.480 e. The number of carbonyl (C=O) groups excluding carboxylic acids is 1. The Labute approximate surface area is 119 Å². The molecule has 0 unspecified atom stereocenters. The average molecular weight is 284 g/mol. The van der Waals surface area contributed by atoms with E-state index in [1.54, 1.807) is 0 Å². The molecule has 0 aromatic heterocycles. The molecule has 2 fully saturated rings. The molecule has 3 N–H and O–H groups in total. The van der Waals surface area contributed by atoms with Crippen LogP contribution in [0.1, 0.15) is 44.9 Å². The number of nitrogens with one attached hydrogen (secondary N) is 1. The van der Waals surface area contributed by atoms with Crippen LogP contribution >= 0.6 is 0 Å². The van der Waals surface area contributed by atoms with Gasteiger partial charge in [0.1, 0.15) is 6.04 Å². The van der Waals surface area contributed by atoms with Gasteiger partial charge in [0.05, 0.1) is 0 Å². The van der Waals surface area contributed by atoms with Gasteiger partial charge in [0.15, 0.2) is 0 Å². The molecule has 1 saturated carbocycles. The van der Waals surface area contributed by atoms with Crippen LogP contribution in [-0.2, 0) is 4.79 Å². The minimum absolute atomic E-state index is 0.0447. The second-order valence-electron chi connectivity index (χ2n) is 5.80. The standard InChI is InChI=1S/C14H24N2O4/c17-9-7-11(13(18)19)15-14(20)16-8-3-5-10-4-1-2-6-12(10)16/h10-12,17H,1-9H2,(H,15,20)(H,18,19)/t10-,11-,12-/m1/s1. The summed E-state index contributed by atoms with van der Waals surface area (Å²) in [6.07, 6.45) is 6.79. The molecule has 0 bridgehead atoms. The van der Waals surface area contributed by atoms with Gasteiger partial charge in [-0.15, -0.1) is 0 Å². The highest BCUT2D eigenvalue weighted by molar-refractivity contribution is 5.82. The molecule has 0 aromatic carbocycles. The van der Waals surface area contributed by atoms with Gasteiger partial charge in [0.25, 0.3) is 0 Å². The number of aliphatic hydroxyl groups is 1. The number of aliphatic hydroxyl groups excluding tert-OH is 1. The minimum atomic E-state index is -1.09. The fourth-order valence-corrected chi connectivity index (χ4v) is 3.50. The molecule has 20 heavy (non-hydrogen) atoms. The molecule has 2 rings (SSSR count). The number of nitrogens with zero attached hydrogens (tertiary/aromatic N) is 1. The molecule has 6 heteroatoms. The number of hydrogen-bond acceptors (Lipinski definition) is 3. The number of hydrogen-bond donors (Lipinski definition) is 3. The number of likely N-dealkylation sites (tertiary alicyclic amines) is 1. The summed E-state index contributed by atoms with van der Waals surface area (Å²) in [5, 5.41) is 20.5. The van der Waals surface area contributed by atoms with Crippen molar-refractivity contribution >= 4 is 12.0 Å². The first-order valence-electron chi connectivity index (χ1n) is 7.54. The number of fused-ring (bicyclic) bond motifs is 1. The van der Waals surface area contributed by atoms with Crippen molar-refractivity contribution in [2.45, 2.75) is 57.0 Å². The summed E-state index contributed by atoms with van der Waals surface area (Å²) >= 11 is 0. The zero-order chi connectivity index (χ0) is 14.5. The summed E-state index contributed by atoms with van der Waals surface area (Å²) in [6.45, 7) is 0.460. The Bertz CT molecular complexity index is 359. The summed E-state index contributed by atoms with van der Waals surface area (Å²) in [5.41, 5.74) is 0. The van der Waals surface area contributed by atoms with Crippen molar-refractivity contribution in [3.05, 3.63) is 0 Å². The van der Waals surface area contributed by atoms with E-state index in [1.165, 1.54) is 19.3 Å². The number of aliphatic carboxylic acids is 1. The highest BCUT2D eigenvalue weighted by Crippen LogP contribution is 2.35. The van der Waals surface area contributed by atoms with Crippen LogP contribution in [0, 0.1) is 5.92 Å². The largest absolute Gasteiger partial charge is 0.480 e. The number of piperidine rings is 1. The third-order valence-electron chi connectivity index (χ3n) is 4.52. The van der Waals surface area contributed by atoms with E-state index in [0.29, 0.717) is 12.5 Å². The zero-order valence-electron chi connectivity index (χ0n) is 11.8. The van der Waals surface area contributed by atoms with Gasteiger partial charge in [-0.3, -0.25) is 0 Å². The number of carbonyl (C=O) groups is 2. The summed E-state index contributed by atoms with van der Waals surface area (Å²) < 4.78 is 0. The first-order chi connectivity index (χ1) is 9.63. The predicted molar refractivity (Wildman–Crippen MR) is 73.3 cm³/mol. The predicted octanol–water partition coefficient (Wildman–Crippen LogP) is 1.19. The van der Waals surface area contributed by atoms with Gasteiger partial charge in [-0.05, 0) is 31.6 Å². The van der Waals surface area contributed by atoms with Crippen molar-refractivity contribution in [1.29, 1.82) is 0 Å². The monoisotopic (exact) mass is 284 g/mol. The van der Waals surface area contributed by atoms with E-state index < -0.39 is 12.0 Å². The molecular weight excluding hydrogens is 260 g/mol. The second-order valence-corrected chi connectivity index (χ2v) is 5.80. The van der Waals surface area contributed by atoms with Gasteiger partial charge in [0, 0.05) is 25.6 Å². The number of urea groups is 1. The fourth-order valence-electron chi connectivity index (χ4n) is 3.50. The SMILES string of the molecule is O=C(O)[C@@H](CCO)NC(=O)N1CCC[C@H]2CCCC[C@H]21. The third-order valence-corrected chi connectivity index (χ3v) is 4.52. The Morgan fingerprint density at radius 1 is 1.20 bits per heavy atom. The maximum atomic E-state index is 12.3. The molecule has 1 heterocycles. The lowest BCUT2D eigenvalue weighted by Gasteiger charge is -2.44. The topological polar surface area (TPSA) is 89.9 Å². The third kappa shape index (κ3) is 3.42. The van der Waals surface area contributed by atoms with E-state index in [9.17, 15) is 9.59 Å². The Balaban J connectivity index is 1.97. The normalized spacial score (nSPS) is 27.6. The number of carboxylic acids is 1. The highest BCUT2D eigenvalue weighted by atomic mass is 16.4. The molecule has 2 amide bonds. The van der Waals surface area contributed by atoms with Crippen molar-refractivity contribution in [2.24, 2.45) is 5.92 Å². The summed E-state index contributed by atoms with van der Waals surface area (Å²) in [7, 11) is 0. The van der Waals surface area contributed by atoms with Crippen molar-refractivity contribution < 1.29 is 19.8 Å². The van der Waals surface area contributed by atoms with E-state index in [4.69, 9.17) is 10.2 Å². The number of rotatable bonds is 4. The summed E-state index contributed by atoms with van der Waals surface area (Å²) in [6, 6.07) is -1.03. The van der Waals surface area contributed by atoms with Crippen molar-refractivity contribution in [3.63, 3.8) is 0 Å². The van der Waals surface area contributed by atoms with Gasteiger partial charge in [-0.25, -0.2) is 9.59 Å². The maximum absolute atomic E-state index is 12.3. The molecule has 2 aliphatic rings. The van der Waals surface area contributed by atoms with Crippen LogP contribution in [0.15, 0.2) is 0 Å². The van der Waals surface area contributed by atoms with Gasteiger partial charge in [-0.1, -0.05) is 12.8 Å². The van der Waals surface area contributed by atoms with E-state index >= 15 is 0 Å². The molecule has 1 aliphatic heterocycles. The first-order valence-corrected chi connectivity index (χ1v) is 7.54. The fraction of sp³-hybridized carbons (Fsp3) is 0.857. The molecule has 1 aliphatic carbocycles. The summed E-state index contributed by atoms with van der Waals surface area (Å²) in [5.74, 6) is -0.519. The Morgan fingerprint density at radius 3 is 2.60 bits per heavy atom. The van der Waals surface area contributed by atoms with Crippen molar-refractivity contribution in [1.82, 2.24) is 10.2 Å². The highest BCUT2D eigenvalue weighted by Gasteiger charge is 2.36. The molecule has 0 spiro atoms. The van der Waals surface area contributed by atoms with Crippen LogP contribution in [0.2, 0.25) is 0 Å². The average Bonchev–Trinajstić information content (AvgIpc) is 2.46. The molecule has 3 atom stereocenters. The van der Waals surface area contributed by atoms with Gasteiger partial charge < -0.3 is 20.4 Å². The quantitative estimate of drug-likeness (QED) is 0.723. The molecule has 6 nitrogen and oxygen atoms in total. The van der Waals surface area contributed by atoms with Crippen molar-refractivity contribution in [3.8, 4) is 0 Å². The zero-order valence-corrected chi connectivity index (χ0v) is 11.8. The molecular formula is C14H24N2O4. The smallest absolute Gasteiger partial charge is 0.326 e. The molecule has 114 valence electrons. The van der Waals surface area contributed by atoms with Crippen LogP contribution in [0.25, 0.3) is 0 Å². The van der Waals surface area contributed by atoms with Crippen molar-refractivity contribution in [2.75, 3.05) is 13.2 Å². The molecule has 1 saturated heterocycles. The Kier molecular flexibility index (Phi) is 5.23. The molecule has 0 radical (unpaired) electrons. The number of carboxylic acid groups (broad SMARTS) is 1. The van der Waals surface area contributed by atoms with Crippen LogP contribution < -0.4 is 5.32 Å².